The molecular formula is C14H22N4O3. The second kappa shape index (κ2) is 9.04. The molecule has 2 amide bonds. The fourth-order valence-electron chi connectivity index (χ4n) is 2.02. The smallest absolute Gasteiger partial charge is 0.246 e. The van der Waals surface area contributed by atoms with Crippen LogP contribution in [0, 0.1) is 5.92 Å². The highest BCUT2D eigenvalue weighted by Crippen LogP contribution is 2.17. The number of hydrogen-bond acceptors (Lipinski definition) is 5. The molecule has 1 atom stereocenters. The van der Waals surface area contributed by atoms with Crippen molar-refractivity contribution in [1.29, 1.82) is 0 Å². The van der Waals surface area contributed by atoms with E-state index in [9.17, 15) is 14.8 Å². The number of pyridine rings is 1. The maximum Gasteiger partial charge on any atom is 0.246 e. The quantitative estimate of drug-likeness (QED) is 0.179. The summed E-state index contributed by atoms with van der Waals surface area (Å²) in [6, 6.07) is 3.35. The Kier molecular flexibility index (Phi) is 7.34. The van der Waals surface area contributed by atoms with Crippen LogP contribution in [0.2, 0.25) is 0 Å². The predicted molar refractivity (Wildman–Crippen MR) is 78.1 cm³/mol. The van der Waals surface area contributed by atoms with E-state index in [1.54, 1.807) is 18.3 Å². The molecule has 21 heavy (non-hydrogen) atoms. The molecule has 0 aliphatic rings. The highest BCUT2D eigenvalue weighted by Gasteiger charge is 2.25. The molecule has 0 radical (unpaired) electrons. The van der Waals surface area contributed by atoms with Crippen molar-refractivity contribution >= 4 is 18.0 Å². The van der Waals surface area contributed by atoms with E-state index in [-0.39, 0.29) is 18.9 Å². The molecule has 0 saturated carbocycles. The van der Waals surface area contributed by atoms with Crippen LogP contribution in [0.1, 0.15) is 32.6 Å². The van der Waals surface area contributed by atoms with E-state index in [1.165, 1.54) is 6.20 Å². The first-order valence-electron chi connectivity index (χ1n) is 6.99. The van der Waals surface area contributed by atoms with Crippen LogP contribution in [0.3, 0.4) is 0 Å². The SMILES string of the molecule is CCCCC[C@H](CN(O)C=O)C(=O)N(N)c1cccnc1. The molecule has 3 N–H and O–H groups in total. The van der Waals surface area contributed by atoms with E-state index in [1.807, 2.05) is 0 Å². The van der Waals surface area contributed by atoms with Crippen molar-refractivity contribution in [3.63, 3.8) is 0 Å². The number of hydroxylamine groups is 2. The fraction of sp³-hybridized carbons (Fsp3) is 0.500. The summed E-state index contributed by atoms with van der Waals surface area (Å²) >= 11 is 0. The third kappa shape index (κ3) is 5.49. The van der Waals surface area contributed by atoms with Gasteiger partial charge in [-0.25, -0.2) is 15.9 Å². The number of unbranched alkanes of at least 4 members (excludes halogenated alkanes) is 2. The number of nitrogens with two attached hydrogens (primary N) is 1. The van der Waals surface area contributed by atoms with Gasteiger partial charge in [-0.15, -0.1) is 0 Å². The molecule has 116 valence electrons. The van der Waals surface area contributed by atoms with Gasteiger partial charge in [0, 0.05) is 6.20 Å². The molecule has 0 aromatic carbocycles. The number of hydrogen-bond donors (Lipinski definition) is 2. The third-order valence-corrected chi connectivity index (χ3v) is 3.20. The van der Waals surface area contributed by atoms with Crippen LogP contribution in [0.25, 0.3) is 0 Å². The molecular weight excluding hydrogens is 272 g/mol. The van der Waals surface area contributed by atoms with Crippen molar-refractivity contribution in [3.05, 3.63) is 24.5 Å². The van der Waals surface area contributed by atoms with Crippen molar-refractivity contribution in [3.8, 4) is 0 Å². The van der Waals surface area contributed by atoms with Crippen LogP contribution in [-0.2, 0) is 9.59 Å². The molecule has 1 heterocycles. The standard InChI is InChI=1S/C14H22N4O3/c1-2-3-4-6-12(10-17(21)11-19)14(20)18(15)13-7-5-8-16-9-13/h5,7-9,11-12,21H,2-4,6,10,15H2,1H3/t12-/m1/s1. The summed E-state index contributed by atoms with van der Waals surface area (Å²) in [5.74, 6) is 4.92. The first-order chi connectivity index (χ1) is 10.1. The molecule has 0 unspecified atom stereocenters. The lowest BCUT2D eigenvalue weighted by Gasteiger charge is -2.24. The molecule has 1 rings (SSSR count). The van der Waals surface area contributed by atoms with Gasteiger partial charge >= 0.3 is 0 Å². The minimum atomic E-state index is -0.544. The highest BCUT2D eigenvalue weighted by atomic mass is 16.5. The third-order valence-electron chi connectivity index (χ3n) is 3.20. The fourth-order valence-corrected chi connectivity index (χ4v) is 2.02. The Morgan fingerprint density at radius 3 is 2.86 bits per heavy atom. The van der Waals surface area contributed by atoms with E-state index >= 15 is 0 Å². The zero-order chi connectivity index (χ0) is 15.7. The normalized spacial score (nSPS) is 11.8. The molecule has 0 fully saturated rings. The molecule has 1 aromatic heterocycles. The van der Waals surface area contributed by atoms with Gasteiger partial charge in [0.05, 0.1) is 24.3 Å². The maximum absolute atomic E-state index is 12.4. The van der Waals surface area contributed by atoms with Crippen molar-refractivity contribution in [2.24, 2.45) is 11.8 Å². The highest BCUT2D eigenvalue weighted by molar-refractivity contribution is 5.93. The van der Waals surface area contributed by atoms with Crippen molar-refractivity contribution in [2.45, 2.75) is 32.6 Å². The average molecular weight is 294 g/mol. The van der Waals surface area contributed by atoms with Gasteiger partial charge in [-0.3, -0.25) is 19.8 Å². The van der Waals surface area contributed by atoms with Crippen LogP contribution in [-0.4, -0.2) is 34.1 Å². The molecule has 7 heteroatoms. The second-order valence-corrected chi connectivity index (χ2v) is 4.84. The second-order valence-electron chi connectivity index (χ2n) is 4.84. The number of anilines is 1. The summed E-state index contributed by atoms with van der Waals surface area (Å²) < 4.78 is 0. The topological polar surface area (TPSA) is 99.8 Å². The summed E-state index contributed by atoms with van der Waals surface area (Å²) in [4.78, 5) is 26.9. The van der Waals surface area contributed by atoms with E-state index in [0.717, 1.165) is 24.3 Å². The largest absolute Gasteiger partial charge is 0.286 e. The summed E-state index contributed by atoms with van der Waals surface area (Å²) in [7, 11) is 0. The Labute approximate surface area is 124 Å². The zero-order valence-corrected chi connectivity index (χ0v) is 12.2. The van der Waals surface area contributed by atoms with Crippen LogP contribution in [0.15, 0.2) is 24.5 Å². The Balaban J connectivity index is 2.75. The first-order valence-corrected chi connectivity index (χ1v) is 6.99. The van der Waals surface area contributed by atoms with E-state index in [0.29, 0.717) is 17.2 Å². The van der Waals surface area contributed by atoms with E-state index in [4.69, 9.17) is 5.84 Å². The molecule has 0 saturated heterocycles. The van der Waals surface area contributed by atoms with Crippen molar-refractivity contribution < 1.29 is 14.8 Å². The number of carbonyl (C=O) groups excluding carboxylic acids is 2. The molecule has 1 aromatic rings. The number of amides is 2. The lowest BCUT2D eigenvalue weighted by Crippen LogP contribution is -2.45. The van der Waals surface area contributed by atoms with Gasteiger partial charge in [-0.2, -0.15) is 0 Å². The monoisotopic (exact) mass is 294 g/mol. The number of nitrogens with zero attached hydrogens (tertiary/aromatic N) is 3. The van der Waals surface area contributed by atoms with Gasteiger partial charge in [0.15, 0.2) is 0 Å². The summed E-state index contributed by atoms with van der Waals surface area (Å²) in [5.41, 5.74) is 0.471. The van der Waals surface area contributed by atoms with Crippen molar-refractivity contribution in [2.75, 3.05) is 11.6 Å². The number of rotatable bonds is 9. The Morgan fingerprint density at radius 1 is 1.52 bits per heavy atom. The number of aromatic nitrogens is 1. The van der Waals surface area contributed by atoms with Crippen molar-refractivity contribution in [1.82, 2.24) is 10.0 Å². The van der Waals surface area contributed by atoms with E-state index < -0.39 is 5.92 Å². The zero-order valence-electron chi connectivity index (χ0n) is 12.2. The summed E-state index contributed by atoms with van der Waals surface area (Å²) in [6.45, 7) is 1.99. The molecule has 0 spiro atoms. The lowest BCUT2D eigenvalue weighted by atomic mass is 9.99. The van der Waals surface area contributed by atoms with Gasteiger partial charge < -0.3 is 0 Å². The minimum Gasteiger partial charge on any atom is -0.286 e. The van der Waals surface area contributed by atoms with Gasteiger partial charge in [-0.1, -0.05) is 26.2 Å². The molecule has 7 nitrogen and oxygen atoms in total. The van der Waals surface area contributed by atoms with Gasteiger partial charge in [0.25, 0.3) is 0 Å². The van der Waals surface area contributed by atoms with Crippen LogP contribution in [0.4, 0.5) is 5.69 Å². The summed E-state index contributed by atoms with van der Waals surface area (Å²) in [6.07, 6.45) is 6.75. The van der Waals surface area contributed by atoms with Gasteiger partial charge in [0.2, 0.25) is 12.3 Å². The first kappa shape index (κ1) is 17.1. The molecule has 0 aliphatic heterocycles. The molecule has 0 aliphatic carbocycles. The van der Waals surface area contributed by atoms with Gasteiger partial charge in [-0.05, 0) is 18.6 Å². The number of carbonyl (C=O) groups is 2. The number of hydrazine groups is 1. The summed E-state index contributed by atoms with van der Waals surface area (Å²) in [5, 5.41) is 10.8. The van der Waals surface area contributed by atoms with E-state index in [2.05, 4.69) is 11.9 Å². The predicted octanol–water partition coefficient (Wildman–Crippen LogP) is 1.33. The van der Waals surface area contributed by atoms with Gasteiger partial charge in [0.1, 0.15) is 0 Å². The Bertz CT molecular complexity index is 441. The van der Waals surface area contributed by atoms with Crippen LogP contribution >= 0.6 is 0 Å². The molecule has 0 bridgehead atoms. The Hall–Kier alpha value is -1.99. The van der Waals surface area contributed by atoms with Crippen LogP contribution in [0.5, 0.6) is 0 Å². The Morgan fingerprint density at radius 2 is 2.29 bits per heavy atom. The van der Waals surface area contributed by atoms with Crippen LogP contribution < -0.4 is 10.9 Å². The lowest BCUT2D eigenvalue weighted by molar-refractivity contribution is -0.154. The minimum absolute atomic E-state index is 0.0694. The average Bonchev–Trinajstić information content (AvgIpc) is 2.53. The maximum atomic E-state index is 12.4.